The van der Waals surface area contributed by atoms with E-state index in [0.29, 0.717) is 0 Å². The van der Waals surface area contributed by atoms with Crippen molar-refractivity contribution in [1.82, 2.24) is 0 Å². The molecule has 0 amide bonds. The molecule has 4 heteroatoms. The molecule has 0 saturated carbocycles. The minimum absolute atomic E-state index is 0.823. The van der Waals surface area contributed by atoms with Crippen LogP contribution in [0.25, 0.3) is 0 Å². The molecule has 0 aliphatic heterocycles. The van der Waals surface area contributed by atoms with Gasteiger partial charge in [0.05, 0.1) is 0 Å². The second-order valence-electron chi connectivity index (χ2n) is 9.39. The van der Waals surface area contributed by atoms with Crippen molar-refractivity contribution in [3.8, 4) is 0 Å². The average molecular weight is 674 g/mol. The molecule has 4 N–H and O–H groups in total. The highest BCUT2D eigenvalue weighted by Gasteiger charge is 2.18. The monoisotopic (exact) mass is 674 g/mol. The number of halogens is 2. The van der Waals surface area contributed by atoms with Gasteiger partial charge in [0, 0.05) is 24.9 Å². The summed E-state index contributed by atoms with van der Waals surface area (Å²) in [5, 5.41) is 0. The van der Waals surface area contributed by atoms with Crippen LogP contribution in [0.5, 0.6) is 0 Å². The molecule has 0 fully saturated rings. The van der Waals surface area contributed by atoms with Crippen molar-refractivity contribution in [2.45, 2.75) is 111 Å². The van der Waals surface area contributed by atoms with Crippen LogP contribution in [-0.4, -0.2) is 0 Å². The van der Waals surface area contributed by atoms with Gasteiger partial charge in [-0.25, -0.2) is 0 Å². The summed E-state index contributed by atoms with van der Waals surface area (Å²) in [7, 11) is 0. The minimum Gasteiger partial charge on any atom is -0.398 e. The summed E-state index contributed by atoms with van der Waals surface area (Å²) in [6.45, 7) is 9.08. The predicted molar refractivity (Wildman–Crippen MR) is 164 cm³/mol. The van der Waals surface area contributed by atoms with Gasteiger partial charge in [-0.15, -0.1) is 0 Å². The summed E-state index contributed by atoms with van der Waals surface area (Å²) in [5.41, 5.74) is 23.9. The first kappa shape index (κ1) is 28.7. The summed E-state index contributed by atoms with van der Waals surface area (Å²) in [6, 6.07) is 4.81. The lowest BCUT2D eigenvalue weighted by Crippen LogP contribution is -2.10. The first-order valence-corrected chi connectivity index (χ1v) is 15.2. The Morgan fingerprint density at radius 2 is 0.879 bits per heavy atom. The van der Waals surface area contributed by atoms with Crippen LogP contribution in [0.2, 0.25) is 0 Å². The van der Waals surface area contributed by atoms with Crippen molar-refractivity contribution >= 4 is 56.6 Å². The first-order valence-electron chi connectivity index (χ1n) is 13.1. The van der Waals surface area contributed by atoms with Crippen molar-refractivity contribution in [2.75, 3.05) is 11.5 Å². The van der Waals surface area contributed by atoms with Crippen LogP contribution in [-0.2, 0) is 32.1 Å². The summed E-state index contributed by atoms with van der Waals surface area (Å²) in [4.78, 5) is 0. The van der Waals surface area contributed by atoms with Gasteiger partial charge in [-0.2, -0.15) is 0 Å². The lowest BCUT2D eigenvalue weighted by Gasteiger charge is -2.20. The maximum atomic E-state index is 6.75. The molecule has 184 valence electrons. The van der Waals surface area contributed by atoms with Gasteiger partial charge in [-0.1, -0.05) is 65.5 Å². The van der Waals surface area contributed by atoms with Crippen LogP contribution in [0.15, 0.2) is 12.1 Å². The van der Waals surface area contributed by atoms with Crippen molar-refractivity contribution in [3.63, 3.8) is 0 Å². The zero-order valence-corrected chi connectivity index (χ0v) is 25.6. The van der Waals surface area contributed by atoms with Crippen molar-refractivity contribution in [1.29, 1.82) is 0 Å². The fourth-order valence-corrected chi connectivity index (χ4v) is 6.49. The smallest absolute Gasteiger partial charge is 0.0488 e. The molecule has 0 aliphatic carbocycles. The molecule has 0 aliphatic rings. The van der Waals surface area contributed by atoms with E-state index in [-0.39, 0.29) is 0 Å². The molecule has 2 nitrogen and oxygen atoms in total. The Labute approximate surface area is 230 Å². The first-order chi connectivity index (χ1) is 15.9. The van der Waals surface area contributed by atoms with Crippen LogP contribution in [0, 0.1) is 7.14 Å². The molecule has 0 bridgehead atoms. The minimum atomic E-state index is 0.823. The number of rotatable bonds is 14. The summed E-state index contributed by atoms with van der Waals surface area (Å²) >= 11 is 4.99. The highest BCUT2D eigenvalue weighted by Crippen LogP contribution is 2.35. The fourth-order valence-electron chi connectivity index (χ4n) is 4.57. The molecule has 0 spiro atoms. The Hall–Kier alpha value is -0.500. The quantitative estimate of drug-likeness (QED) is 0.155. The van der Waals surface area contributed by atoms with E-state index in [1.54, 1.807) is 0 Å². The van der Waals surface area contributed by atoms with E-state index in [1.165, 1.54) is 91.9 Å². The van der Waals surface area contributed by atoms with Gasteiger partial charge < -0.3 is 11.5 Å². The molecular weight excluding hydrogens is 630 g/mol. The Morgan fingerprint density at radius 1 is 0.545 bits per heavy atom. The van der Waals surface area contributed by atoms with Gasteiger partial charge in [-0.3, -0.25) is 0 Å². The van der Waals surface area contributed by atoms with Crippen LogP contribution in [0.3, 0.4) is 0 Å². The summed E-state index contributed by atoms with van der Waals surface area (Å²) < 4.78 is 2.53. The average Bonchev–Trinajstić information content (AvgIpc) is 2.81. The van der Waals surface area contributed by atoms with Crippen LogP contribution in [0.1, 0.15) is 112 Å². The molecule has 0 atom stereocenters. The number of hydrogen-bond acceptors (Lipinski definition) is 2. The van der Waals surface area contributed by atoms with Gasteiger partial charge in [0.1, 0.15) is 0 Å². The van der Waals surface area contributed by atoms with E-state index < -0.39 is 0 Å². The van der Waals surface area contributed by atoms with E-state index >= 15 is 0 Å². The van der Waals surface area contributed by atoms with Gasteiger partial charge in [0.25, 0.3) is 0 Å². The maximum absolute atomic E-state index is 6.75. The Kier molecular flexibility index (Phi) is 12.9. The third-order valence-corrected chi connectivity index (χ3v) is 9.17. The number of aryl methyl sites for hydroxylation is 2. The topological polar surface area (TPSA) is 52.0 Å². The SMILES string of the molecule is CCCCc1cc(Cc2cc(CCCC)c(CCCC)c(I)c2N)c(N)c(I)c1CCCC. The van der Waals surface area contributed by atoms with Crippen LogP contribution in [0.4, 0.5) is 11.4 Å². The summed E-state index contributed by atoms with van der Waals surface area (Å²) in [5.74, 6) is 0. The largest absolute Gasteiger partial charge is 0.398 e. The number of unbranched alkanes of at least 4 members (excludes halogenated alkanes) is 4. The van der Waals surface area contributed by atoms with Gasteiger partial charge in [0.15, 0.2) is 0 Å². The van der Waals surface area contributed by atoms with Crippen molar-refractivity contribution < 1.29 is 0 Å². The van der Waals surface area contributed by atoms with E-state index in [4.69, 9.17) is 11.5 Å². The third kappa shape index (κ3) is 7.74. The molecule has 0 saturated heterocycles. The predicted octanol–water partition coefficient (Wildman–Crippen LogP) is 9.02. The molecular formula is C29H44I2N2. The fraction of sp³-hybridized carbons (Fsp3) is 0.586. The van der Waals surface area contributed by atoms with E-state index in [9.17, 15) is 0 Å². The van der Waals surface area contributed by atoms with E-state index in [0.717, 1.165) is 43.5 Å². The second kappa shape index (κ2) is 14.8. The molecule has 2 rings (SSSR count). The summed E-state index contributed by atoms with van der Waals surface area (Å²) in [6.07, 6.45) is 15.1. The molecule has 0 heterocycles. The number of anilines is 2. The maximum Gasteiger partial charge on any atom is 0.0488 e. The van der Waals surface area contributed by atoms with E-state index in [2.05, 4.69) is 85.0 Å². The normalized spacial score (nSPS) is 11.3. The lowest BCUT2D eigenvalue weighted by atomic mass is 9.89. The van der Waals surface area contributed by atoms with Gasteiger partial charge in [0.2, 0.25) is 0 Å². The Morgan fingerprint density at radius 3 is 1.21 bits per heavy atom. The van der Waals surface area contributed by atoms with Crippen LogP contribution >= 0.6 is 45.2 Å². The molecule has 0 aromatic heterocycles. The third-order valence-electron chi connectivity index (χ3n) is 6.71. The lowest BCUT2D eigenvalue weighted by molar-refractivity contribution is 0.753. The van der Waals surface area contributed by atoms with Crippen molar-refractivity contribution in [3.05, 3.63) is 52.7 Å². The Balaban J connectivity index is 2.51. The van der Waals surface area contributed by atoms with Gasteiger partial charge >= 0.3 is 0 Å². The molecule has 0 unspecified atom stereocenters. The molecule has 2 aromatic rings. The van der Waals surface area contributed by atoms with Crippen LogP contribution < -0.4 is 11.5 Å². The molecule has 2 aromatic carbocycles. The highest BCUT2D eigenvalue weighted by atomic mass is 127. The second-order valence-corrected chi connectivity index (χ2v) is 11.6. The standard InChI is InChI=1S/C29H44I2N2/c1-5-9-13-20-17-22(28(32)26(30)24(20)15-11-7-3)19-23-18-21(14-10-6-2)25(16-12-8-4)27(31)29(23)33/h17-18H,5-16,19,32-33H2,1-4H3. The molecule has 33 heavy (non-hydrogen) atoms. The van der Waals surface area contributed by atoms with E-state index in [1.807, 2.05) is 0 Å². The zero-order valence-electron chi connectivity index (χ0n) is 21.3. The Bertz CT molecular complexity index is 832. The zero-order chi connectivity index (χ0) is 24.4. The van der Waals surface area contributed by atoms with Crippen molar-refractivity contribution in [2.24, 2.45) is 0 Å². The number of hydrogen-bond donors (Lipinski definition) is 2. The highest BCUT2D eigenvalue weighted by molar-refractivity contribution is 14.1. The number of nitrogens with two attached hydrogens (primary N) is 2. The van der Waals surface area contributed by atoms with Gasteiger partial charge in [-0.05, 0) is 130 Å². The number of nitrogen functional groups attached to an aromatic ring is 2. The molecule has 0 radical (unpaired) electrons. The number of benzene rings is 2.